The minimum atomic E-state index is 0.0724. The number of nitrogens with two attached hydrogens (primary N) is 1. The normalized spacial score (nSPS) is 15.5. The van der Waals surface area contributed by atoms with Crippen molar-refractivity contribution in [1.82, 2.24) is 9.80 Å². The number of thiophene rings is 1. The number of fused-ring (bicyclic) bond motifs is 1. The van der Waals surface area contributed by atoms with Crippen LogP contribution in [0.2, 0.25) is 0 Å². The maximum atomic E-state index is 12.7. The molecule has 6 heteroatoms. The summed E-state index contributed by atoms with van der Waals surface area (Å²) in [6.07, 6.45) is 0. The molecule has 2 N–H and O–H groups in total. The molecule has 1 saturated heterocycles. The number of carbonyl (C=O) groups excluding carboxylic acids is 2. The Morgan fingerprint density at radius 1 is 0.966 bits per heavy atom. The lowest BCUT2D eigenvalue weighted by molar-refractivity contribution is -0.682. The molecule has 0 spiro atoms. The van der Waals surface area contributed by atoms with Gasteiger partial charge >= 0.3 is 0 Å². The predicted molar refractivity (Wildman–Crippen MR) is 116 cm³/mol. The van der Waals surface area contributed by atoms with Crippen molar-refractivity contribution in [3.63, 3.8) is 0 Å². The van der Waals surface area contributed by atoms with Crippen LogP contribution >= 0.6 is 11.3 Å². The third-order valence-electron chi connectivity index (χ3n) is 5.61. The molecule has 1 aliphatic heterocycles. The zero-order valence-electron chi connectivity index (χ0n) is 16.6. The van der Waals surface area contributed by atoms with Crippen molar-refractivity contribution in [2.45, 2.75) is 13.0 Å². The molecule has 29 heavy (non-hydrogen) atoms. The molecule has 2 aromatic carbocycles. The fraction of sp³-hybridized carbons (Fsp3) is 0.304. The van der Waals surface area contributed by atoms with Crippen molar-refractivity contribution in [2.24, 2.45) is 0 Å². The summed E-state index contributed by atoms with van der Waals surface area (Å²) >= 11 is 1.46. The van der Waals surface area contributed by atoms with Crippen molar-refractivity contribution in [3.05, 3.63) is 70.4 Å². The number of carbonyl (C=O) groups is 2. The zero-order valence-corrected chi connectivity index (χ0v) is 17.4. The summed E-state index contributed by atoms with van der Waals surface area (Å²) in [5.74, 6) is 0.212. The molecular weight excluding hydrogens is 382 g/mol. The summed E-state index contributed by atoms with van der Waals surface area (Å²) in [5.41, 5.74) is 1.25. The van der Waals surface area contributed by atoms with E-state index in [1.165, 1.54) is 27.7 Å². The van der Waals surface area contributed by atoms with Crippen molar-refractivity contribution in [3.8, 4) is 0 Å². The molecule has 0 aliphatic carbocycles. The van der Waals surface area contributed by atoms with Crippen molar-refractivity contribution in [1.29, 1.82) is 0 Å². The minimum Gasteiger partial charge on any atom is -0.334 e. The lowest BCUT2D eigenvalue weighted by Crippen LogP contribution is -2.87. The molecule has 4 rings (SSSR count). The lowest BCUT2D eigenvalue weighted by atomic mass is 10.00. The summed E-state index contributed by atoms with van der Waals surface area (Å²) in [6.45, 7) is 4.97. The molecule has 2 amide bonds. The Bertz CT molecular complexity index is 989. The van der Waals surface area contributed by atoms with E-state index in [2.05, 4.69) is 48.6 Å². The van der Waals surface area contributed by atoms with Gasteiger partial charge in [-0.2, -0.15) is 0 Å². The molecule has 5 nitrogen and oxygen atoms in total. The van der Waals surface area contributed by atoms with Crippen LogP contribution in [0.3, 0.4) is 0 Å². The quantitative estimate of drug-likeness (QED) is 0.705. The van der Waals surface area contributed by atoms with Crippen molar-refractivity contribution < 1.29 is 14.9 Å². The van der Waals surface area contributed by atoms with E-state index >= 15 is 0 Å². The Labute approximate surface area is 174 Å². The second-order valence-corrected chi connectivity index (χ2v) is 8.39. The zero-order chi connectivity index (χ0) is 20.2. The highest BCUT2D eigenvalue weighted by Crippen LogP contribution is 2.22. The summed E-state index contributed by atoms with van der Waals surface area (Å²) in [6, 6.07) is 18.6. The fourth-order valence-corrected chi connectivity index (χ4v) is 4.59. The van der Waals surface area contributed by atoms with Crippen LogP contribution in [0.25, 0.3) is 10.8 Å². The molecule has 2 heterocycles. The molecular formula is C23H26N3O2S+. The molecule has 0 radical (unpaired) electrons. The number of hydrogen-bond donors (Lipinski definition) is 1. The molecule has 0 unspecified atom stereocenters. The lowest BCUT2D eigenvalue weighted by Gasteiger charge is -2.34. The van der Waals surface area contributed by atoms with Gasteiger partial charge in [0.05, 0.1) is 4.88 Å². The molecule has 3 aromatic rings. The van der Waals surface area contributed by atoms with Gasteiger partial charge in [-0.15, -0.1) is 11.3 Å². The number of amides is 2. The van der Waals surface area contributed by atoms with Gasteiger partial charge in [-0.25, -0.2) is 0 Å². The van der Waals surface area contributed by atoms with Crippen LogP contribution in [0.1, 0.15) is 28.2 Å². The first-order valence-corrected chi connectivity index (χ1v) is 10.9. The molecule has 1 fully saturated rings. The highest BCUT2D eigenvalue weighted by atomic mass is 32.1. The standard InChI is InChI=1S/C23H25N3O2S/c1-17(19-9-4-7-18-6-2-3-8-20(18)19)24-16-22(27)25-11-13-26(14-12-25)23(28)21-10-5-15-29-21/h2-10,15,17,24H,11-14,16H2,1H3/p+1/t17-/m0/s1. The van der Waals surface area contributed by atoms with E-state index in [9.17, 15) is 9.59 Å². The van der Waals surface area contributed by atoms with E-state index in [1.807, 2.05) is 33.4 Å². The van der Waals surface area contributed by atoms with Crippen LogP contribution < -0.4 is 5.32 Å². The first kappa shape index (κ1) is 19.6. The highest BCUT2D eigenvalue weighted by molar-refractivity contribution is 7.12. The van der Waals surface area contributed by atoms with Crippen molar-refractivity contribution >= 4 is 33.9 Å². The summed E-state index contributed by atoms with van der Waals surface area (Å²) < 4.78 is 0. The first-order chi connectivity index (χ1) is 14.1. The maximum Gasteiger partial charge on any atom is 0.277 e. The highest BCUT2D eigenvalue weighted by Gasteiger charge is 2.26. The molecule has 1 atom stereocenters. The average Bonchev–Trinajstić information content (AvgIpc) is 3.31. The summed E-state index contributed by atoms with van der Waals surface area (Å²) in [5, 5.41) is 6.49. The average molecular weight is 409 g/mol. The van der Waals surface area contributed by atoms with E-state index in [0.29, 0.717) is 32.7 Å². The number of nitrogens with zero attached hydrogens (tertiary/aromatic N) is 2. The summed E-state index contributed by atoms with van der Waals surface area (Å²) in [4.78, 5) is 29.6. The Morgan fingerprint density at radius 3 is 2.45 bits per heavy atom. The second kappa shape index (κ2) is 8.76. The third kappa shape index (κ3) is 4.33. The van der Waals surface area contributed by atoms with Crippen LogP contribution in [-0.4, -0.2) is 54.3 Å². The van der Waals surface area contributed by atoms with Gasteiger partial charge in [0.1, 0.15) is 6.04 Å². The van der Waals surface area contributed by atoms with Gasteiger partial charge in [0, 0.05) is 31.7 Å². The van der Waals surface area contributed by atoms with Gasteiger partial charge in [0.15, 0.2) is 6.54 Å². The van der Waals surface area contributed by atoms with E-state index in [0.717, 1.165) is 4.88 Å². The topological polar surface area (TPSA) is 57.2 Å². The van der Waals surface area contributed by atoms with E-state index in [-0.39, 0.29) is 17.9 Å². The Hall–Kier alpha value is -2.70. The van der Waals surface area contributed by atoms with E-state index in [4.69, 9.17) is 0 Å². The van der Waals surface area contributed by atoms with Gasteiger partial charge in [-0.3, -0.25) is 9.59 Å². The van der Waals surface area contributed by atoms with Gasteiger partial charge in [0.25, 0.3) is 11.8 Å². The second-order valence-electron chi connectivity index (χ2n) is 7.45. The Kier molecular flexibility index (Phi) is 5.92. The van der Waals surface area contributed by atoms with Crippen LogP contribution in [-0.2, 0) is 4.79 Å². The van der Waals surface area contributed by atoms with Crippen LogP contribution in [0.5, 0.6) is 0 Å². The minimum absolute atomic E-state index is 0.0724. The van der Waals surface area contributed by atoms with Gasteiger partial charge in [-0.1, -0.05) is 48.5 Å². The maximum absolute atomic E-state index is 12.7. The number of hydrogen-bond acceptors (Lipinski definition) is 3. The van der Waals surface area contributed by atoms with E-state index < -0.39 is 0 Å². The summed E-state index contributed by atoms with van der Waals surface area (Å²) in [7, 11) is 0. The first-order valence-electron chi connectivity index (χ1n) is 10.0. The number of piperazine rings is 1. The number of quaternary nitrogens is 1. The third-order valence-corrected chi connectivity index (χ3v) is 6.47. The molecule has 1 aliphatic rings. The largest absolute Gasteiger partial charge is 0.334 e. The van der Waals surface area contributed by atoms with Gasteiger partial charge < -0.3 is 15.1 Å². The smallest absolute Gasteiger partial charge is 0.277 e. The number of benzene rings is 2. The van der Waals surface area contributed by atoms with Gasteiger partial charge in [0.2, 0.25) is 0 Å². The van der Waals surface area contributed by atoms with Crippen LogP contribution in [0.15, 0.2) is 60.0 Å². The molecule has 0 saturated carbocycles. The fourth-order valence-electron chi connectivity index (χ4n) is 3.90. The van der Waals surface area contributed by atoms with Crippen molar-refractivity contribution in [2.75, 3.05) is 32.7 Å². The molecule has 1 aromatic heterocycles. The monoisotopic (exact) mass is 408 g/mol. The SMILES string of the molecule is C[C@H]([NH2+]CC(=O)N1CCN(C(=O)c2cccs2)CC1)c1cccc2ccccc12. The molecule has 0 bridgehead atoms. The van der Waals surface area contributed by atoms with E-state index in [1.54, 1.807) is 0 Å². The van der Waals surface area contributed by atoms with Crippen LogP contribution in [0.4, 0.5) is 0 Å². The number of rotatable bonds is 5. The van der Waals surface area contributed by atoms with Gasteiger partial charge in [-0.05, 0) is 29.1 Å². The molecule has 150 valence electrons. The van der Waals surface area contributed by atoms with Crippen LogP contribution in [0, 0.1) is 0 Å². The Morgan fingerprint density at radius 2 is 1.69 bits per heavy atom. The Balaban J connectivity index is 1.30. The predicted octanol–water partition coefficient (Wildman–Crippen LogP) is 2.51.